The molecule has 0 unspecified atom stereocenters. The van der Waals surface area contributed by atoms with E-state index >= 15 is 0 Å². The maximum Gasteiger partial charge on any atom is 0.196 e. The molecule has 2 rings (SSSR count). The number of halogens is 5. The first-order valence-corrected chi connectivity index (χ1v) is 5.33. The molecule has 19 heavy (non-hydrogen) atoms. The van der Waals surface area contributed by atoms with Gasteiger partial charge in [-0.25, -0.2) is 22.0 Å². The molecule has 2 aromatic rings. The zero-order valence-electron chi connectivity index (χ0n) is 9.78. The molecule has 0 fully saturated rings. The van der Waals surface area contributed by atoms with E-state index in [9.17, 15) is 22.0 Å². The largest absolute Gasteiger partial charge is 0.207 e. The summed E-state index contributed by atoms with van der Waals surface area (Å²) in [4.78, 5) is 0. The van der Waals surface area contributed by atoms with E-state index in [1.54, 1.807) is 0 Å². The minimum atomic E-state index is -1.36. The van der Waals surface area contributed by atoms with Crippen molar-refractivity contribution in [1.82, 2.24) is 0 Å². The predicted octanol–water partition coefficient (Wildman–Crippen LogP) is 2.35. The van der Waals surface area contributed by atoms with E-state index in [2.05, 4.69) is 0 Å². The normalized spacial score (nSPS) is 10.6. The Morgan fingerprint density at radius 3 is 1.89 bits per heavy atom. The van der Waals surface area contributed by atoms with Crippen LogP contribution in [0.4, 0.5) is 22.0 Å². The van der Waals surface area contributed by atoms with Gasteiger partial charge in [0.05, 0.1) is 0 Å². The van der Waals surface area contributed by atoms with Gasteiger partial charge in [0.2, 0.25) is 0 Å². The van der Waals surface area contributed by atoms with E-state index < -0.39 is 34.5 Å². The smallest absolute Gasteiger partial charge is 0.196 e. The Labute approximate surface area is 107 Å². The fourth-order valence-electron chi connectivity index (χ4n) is 1.66. The van der Waals surface area contributed by atoms with Gasteiger partial charge in [-0.15, -0.1) is 0 Å². The summed E-state index contributed by atoms with van der Waals surface area (Å²) < 4.78 is 65.8. The van der Waals surface area contributed by atoms with Gasteiger partial charge >= 0.3 is 0 Å². The average molecular weight is 269 g/mol. The fourth-order valence-corrected chi connectivity index (χ4v) is 1.66. The number of benzene rings is 2. The molecule has 6 heteroatoms. The van der Waals surface area contributed by atoms with Gasteiger partial charge in [0.1, 0.15) is 17.5 Å². The van der Waals surface area contributed by atoms with Gasteiger partial charge in [-0.2, -0.15) is 0 Å². The van der Waals surface area contributed by atoms with Crippen molar-refractivity contribution in [1.29, 1.82) is 0 Å². The van der Waals surface area contributed by atoms with Gasteiger partial charge in [0.15, 0.2) is 18.9 Å². The van der Waals surface area contributed by atoms with Crippen molar-refractivity contribution < 1.29 is 22.0 Å². The summed E-state index contributed by atoms with van der Waals surface area (Å²) in [6, 6.07) is 2.78. The molecular formula is C13H7BF5. The molecule has 0 aliphatic carbocycles. The van der Waals surface area contributed by atoms with Crippen LogP contribution in [0.25, 0.3) is 0 Å². The van der Waals surface area contributed by atoms with Gasteiger partial charge in [-0.1, -0.05) is 5.46 Å². The first-order chi connectivity index (χ1) is 8.88. The molecule has 0 amide bonds. The van der Waals surface area contributed by atoms with Crippen LogP contribution in [-0.4, -0.2) is 7.28 Å². The summed E-state index contributed by atoms with van der Waals surface area (Å²) >= 11 is 0. The van der Waals surface area contributed by atoms with Crippen LogP contribution in [0.5, 0.6) is 0 Å². The molecule has 97 valence electrons. The van der Waals surface area contributed by atoms with Gasteiger partial charge in [0.25, 0.3) is 0 Å². The van der Waals surface area contributed by atoms with Crippen LogP contribution in [-0.2, 0) is 0 Å². The van der Waals surface area contributed by atoms with Gasteiger partial charge in [-0.3, -0.25) is 0 Å². The van der Waals surface area contributed by atoms with Crippen molar-refractivity contribution in [2.45, 2.75) is 6.92 Å². The molecule has 2 aromatic carbocycles. The van der Waals surface area contributed by atoms with Gasteiger partial charge < -0.3 is 0 Å². The van der Waals surface area contributed by atoms with E-state index in [0.717, 1.165) is 19.4 Å². The minimum Gasteiger partial charge on any atom is -0.207 e. The van der Waals surface area contributed by atoms with Crippen molar-refractivity contribution in [2.24, 2.45) is 0 Å². The fraction of sp³-hybridized carbons (Fsp3) is 0.0769. The second-order valence-electron chi connectivity index (χ2n) is 4.04. The second-order valence-corrected chi connectivity index (χ2v) is 4.04. The van der Waals surface area contributed by atoms with E-state index in [1.165, 1.54) is 6.92 Å². The molecular weight excluding hydrogens is 262 g/mol. The summed E-state index contributed by atoms with van der Waals surface area (Å²) in [5.41, 5.74) is -0.336. The van der Waals surface area contributed by atoms with Crippen LogP contribution in [0.2, 0.25) is 0 Å². The maximum absolute atomic E-state index is 13.4. The first kappa shape index (κ1) is 13.6. The number of hydrogen-bond acceptors (Lipinski definition) is 0. The third kappa shape index (κ3) is 2.77. The molecule has 0 nitrogen and oxygen atoms in total. The standard InChI is InChI=1S/C13H7BF5/c1-6-9(2-7(15)4-11(6)17)14-10-3-8(16)5-12(18)13(10)19/h2-5H,1H3. The Bertz CT molecular complexity index is 584. The number of hydrogen-bond donors (Lipinski definition) is 0. The molecule has 0 aliphatic heterocycles. The Morgan fingerprint density at radius 1 is 0.737 bits per heavy atom. The summed E-state index contributed by atoms with van der Waals surface area (Å²) in [5.74, 6) is -5.28. The lowest BCUT2D eigenvalue weighted by molar-refractivity contribution is 0.500. The highest BCUT2D eigenvalue weighted by Crippen LogP contribution is 2.08. The first-order valence-electron chi connectivity index (χ1n) is 5.33. The van der Waals surface area contributed by atoms with Crippen molar-refractivity contribution in [3.63, 3.8) is 0 Å². The zero-order chi connectivity index (χ0) is 14.2. The molecule has 1 radical (unpaired) electrons. The highest BCUT2D eigenvalue weighted by atomic mass is 19.2. The lowest BCUT2D eigenvalue weighted by atomic mass is 9.62. The molecule has 0 N–H and O–H groups in total. The van der Waals surface area contributed by atoms with E-state index in [-0.39, 0.29) is 11.0 Å². The van der Waals surface area contributed by atoms with Gasteiger partial charge in [-0.05, 0) is 30.1 Å². The van der Waals surface area contributed by atoms with Crippen molar-refractivity contribution in [2.75, 3.05) is 0 Å². The predicted molar refractivity (Wildman–Crippen MR) is 62.4 cm³/mol. The monoisotopic (exact) mass is 269 g/mol. The van der Waals surface area contributed by atoms with Crippen LogP contribution in [0.15, 0.2) is 24.3 Å². The molecule has 0 aliphatic rings. The van der Waals surface area contributed by atoms with Crippen LogP contribution in [0.3, 0.4) is 0 Å². The molecule has 0 saturated heterocycles. The molecule has 0 spiro atoms. The van der Waals surface area contributed by atoms with E-state index in [0.29, 0.717) is 12.1 Å². The lowest BCUT2D eigenvalue weighted by Gasteiger charge is -2.08. The Morgan fingerprint density at radius 2 is 1.26 bits per heavy atom. The lowest BCUT2D eigenvalue weighted by Crippen LogP contribution is -2.33. The topological polar surface area (TPSA) is 0 Å². The second kappa shape index (κ2) is 5.03. The third-order valence-corrected chi connectivity index (χ3v) is 2.68. The maximum atomic E-state index is 13.4. The van der Waals surface area contributed by atoms with Crippen molar-refractivity contribution >= 4 is 18.2 Å². The Kier molecular flexibility index (Phi) is 3.60. The Balaban J connectivity index is 2.47. The van der Waals surface area contributed by atoms with E-state index in [1.807, 2.05) is 0 Å². The molecule has 0 atom stereocenters. The Hall–Kier alpha value is -1.85. The van der Waals surface area contributed by atoms with Gasteiger partial charge in [0, 0.05) is 12.1 Å². The zero-order valence-corrected chi connectivity index (χ0v) is 9.78. The molecule has 0 aromatic heterocycles. The highest BCUT2D eigenvalue weighted by molar-refractivity contribution is 6.67. The molecule has 0 heterocycles. The summed E-state index contributed by atoms with van der Waals surface area (Å²) in [5, 5.41) is 0. The van der Waals surface area contributed by atoms with Crippen LogP contribution in [0, 0.1) is 36.0 Å². The number of rotatable bonds is 2. The minimum absolute atomic E-state index is 0.0152. The molecule has 0 bridgehead atoms. The van der Waals surface area contributed by atoms with Crippen LogP contribution in [0.1, 0.15) is 5.56 Å². The van der Waals surface area contributed by atoms with E-state index in [4.69, 9.17) is 0 Å². The summed E-state index contributed by atoms with van der Waals surface area (Å²) in [6.45, 7) is 1.36. The quantitative estimate of drug-likeness (QED) is 0.446. The summed E-state index contributed by atoms with van der Waals surface area (Å²) in [6.07, 6.45) is 0. The highest BCUT2D eigenvalue weighted by Gasteiger charge is 2.15. The van der Waals surface area contributed by atoms with Crippen LogP contribution < -0.4 is 10.9 Å². The SMILES string of the molecule is Cc1c(F)cc(F)cc1[B]c1cc(F)cc(F)c1F. The van der Waals surface area contributed by atoms with Crippen molar-refractivity contribution in [3.8, 4) is 0 Å². The van der Waals surface area contributed by atoms with Crippen LogP contribution >= 0.6 is 0 Å². The van der Waals surface area contributed by atoms with Crippen molar-refractivity contribution in [3.05, 3.63) is 58.9 Å². The molecule has 0 saturated carbocycles. The third-order valence-electron chi connectivity index (χ3n) is 2.68. The average Bonchev–Trinajstić information content (AvgIpc) is 2.31. The summed E-state index contributed by atoms with van der Waals surface area (Å²) in [7, 11) is 0.989.